The van der Waals surface area contributed by atoms with Crippen molar-refractivity contribution in [3.8, 4) is 0 Å². The molecule has 0 aliphatic carbocycles. The van der Waals surface area contributed by atoms with Crippen LogP contribution in [-0.2, 0) is 11.2 Å². The second-order valence-corrected chi connectivity index (χ2v) is 3.09. The normalized spacial score (nSPS) is 9.91. The van der Waals surface area contributed by atoms with Crippen LogP contribution in [0, 0.1) is 0 Å². The van der Waals surface area contributed by atoms with Crippen LogP contribution in [0.2, 0.25) is 0 Å². The van der Waals surface area contributed by atoms with E-state index in [9.17, 15) is 4.79 Å². The number of carbonyl (C=O) groups is 1. The lowest BCUT2D eigenvalue weighted by molar-refractivity contribution is -0.118. The van der Waals surface area contributed by atoms with Crippen molar-refractivity contribution in [3.05, 3.63) is 16.6 Å². The summed E-state index contributed by atoms with van der Waals surface area (Å²) >= 11 is 1.58. The highest BCUT2D eigenvalue weighted by atomic mass is 32.1. The zero-order chi connectivity index (χ0) is 8.10. The number of Topliss-reactive ketones (excluding diaryl/α,β-unsaturated/α-hetero) is 1. The third-order valence-electron chi connectivity index (χ3n) is 1.54. The zero-order valence-electron chi connectivity index (χ0n) is 6.54. The molecular formula is C8H11NOS. The Bertz CT molecular complexity index is 218. The quantitative estimate of drug-likeness (QED) is 0.690. The Labute approximate surface area is 70.3 Å². The number of hydrogen-bond acceptors (Lipinski definition) is 3. The van der Waals surface area contributed by atoms with Crippen LogP contribution in [0.4, 0.5) is 0 Å². The lowest BCUT2D eigenvalue weighted by Gasteiger charge is -1.93. The van der Waals surface area contributed by atoms with E-state index in [1.165, 1.54) is 0 Å². The number of hydrogen-bond donors (Lipinski definition) is 0. The molecule has 1 rings (SSSR count). The van der Waals surface area contributed by atoms with E-state index in [-0.39, 0.29) is 0 Å². The molecule has 0 spiro atoms. The number of thiazole rings is 1. The van der Waals surface area contributed by atoms with Gasteiger partial charge in [0.05, 0.1) is 11.2 Å². The van der Waals surface area contributed by atoms with Crippen molar-refractivity contribution in [2.75, 3.05) is 0 Å². The minimum absolute atomic E-state index is 0.318. The molecular weight excluding hydrogens is 158 g/mol. The Morgan fingerprint density at radius 2 is 2.55 bits per heavy atom. The maximum absolute atomic E-state index is 10.9. The number of ketones is 1. The molecule has 0 N–H and O–H groups in total. The number of aromatic nitrogens is 1. The van der Waals surface area contributed by atoms with Gasteiger partial charge in [-0.15, -0.1) is 11.3 Å². The van der Waals surface area contributed by atoms with Gasteiger partial charge in [-0.1, -0.05) is 6.92 Å². The summed E-state index contributed by atoms with van der Waals surface area (Å²) in [4.78, 5) is 15.0. The number of nitrogens with zero attached hydrogens (tertiary/aromatic N) is 1. The summed E-state index contributed by atoms with van der Waals surface area (Å²) in [5.74, 6) is 0.318. The third kappa shape index (κ3) is 2.80. The Morgan fingerprint density at radius 1 is 1.73 bits per heavy atom. The molecule has 0 saturated heterocycles. The maximum Gasteiger partial charge on any atom is 0.133 e. The highest BCUT2D eigenvalue weighted by Crippen LogP contribution is 2.04. The smallest absolute Gasteiger partial charge is 0.133 e. The molecule has 0 aromatic carbocycles. The summed E-state index contributed by atoms with van der Waals surface area (Å²) in [5.41, 5.74) is 2.84. The molecule has 3 heteroatoms. The Hall–Kier alpha value is -0.700. The van der Waals surface area contributed by atoms with E-state index in [4.69, 9.17) is 0 Å². The second-order valence-electron chi connectivity index (χ2n) is 2.37. The van der Waals surface area contributed by atoms with Crippen molar-refractivity contribution in [2.45, 2.75) is 26.2 Å². The second kappa shape index (κ2) is 4.23. The zero-order valence-corrected chi connectivity index (χ0v) is 7.36. The molecule has 2 nitrogen and oxygen atoms in total. The molecule has 0 saturated carbocycles. The predicted octanol–water partition coefficient (Wildman–Crippen LogP) is 2.05. The van der Waals surface area contributed by atoms with Crippen LogP contribution >= 0.6 is 11.3 Å². The van der Waals surface area contributed by atoms with E-state index in [0.29, 0.717) is 18.6 Å². The lowest BCUT2D eigenvalue weighted by atomic mass is 10.1. The fourth-order valence-corrected chi connectivity index (χ4v) is 1.40. The molecule has 0 radical (unpaired) electrons. The van der Waals surface area contributed by atoms with Crippen molar-refractivity contribution in [2.24, 2.45) is 0 Å². The first-order valence-electron chi connectivity index (χ1n) is 3.71. The van der Waals surface area contributed by atoms with Crippen molar-refractivity contribution < 1.29 is 4.79 Å². The highest BCUT2D eigenvalue weighted by molar-refractivity contribution is 7.07. The van der Waals surface area contributed by atoms with Crippen LogP contribution in [0.5, 0.6) is 0 Å². The first-order chi connectivity index (χ1) is 5.33. The number of rotatable bonds is 4. The maximum atomic E-state index is 10.9. The van der Waals surface area contributed by atoms with Crippen molar-refractivity contribution in [1.29, 1.82) is 0 Å². The Morgan fingerprint density at radius 3 is 3.09 bits per heavy atom. The molecule has 0 bridgehead atoms. The molecule has 1 aromatic heterocycles. The highest BCUT2D eigenvalue weighted by Gasteiger charge is 1.99. The van der Waals surface area contributed by atoms with E-state index in [0.717, 1.165) is 12.1 Å². The first kappa shape index (κ1) is 8.40. The largest absolute Gasteiger partial charge is 0.300 e. The molecule has 0 fully saturated rings. The first-order valence-corrected chi connectivity index (χ1v) is 4.66. The van der Waals surface area contributed by atoms with E-state index < -0.39 is 0 Å². The molecule has 1 aromatic rings. The van der Waals surface area contributed by atoms with E-state index >= 15 is 0 Å². The van der Waals surface area contributed by atoms with Crippen LogP contribution in [0.3, 0.4) is 0 Å². The topological polar surface area (TPSA) is 30.0 Å². The van der Waals surface area contributed by atoms with Gasteiger partial charge in [0, 0.05) is 18.2 Å². The summed E-state index contributed by atoms with van der Waals surface area (Å²) in [6.07, 6.45) is 2.08. The fraction of sp³-hybridized carbons (Fsp3) is 0.500. The number of carbonyl (C=O) groups excluding carboxylic acids is 1. The molecule has 0 aliphatic rings. The van der Waals surface area contributed by atoms with Crippen LogP contribution in [0.15, 0.2) is 10.9 Å². The molecule has 0 amide bonds. The molecule has 0 atom stereocenters. The Kier molecular flexibility index (Phi) is 3.23. The fourth-order valence-electron chi connectivity index (χ4n) is 0.805. The minimum atomic E-state index is 0.318. The average molecular weight is 169 g/mol. The molecule has 11 heavy (non-hydrogen) atoms. The summed E-state index contributed by atoms with van der Waals surface area (Å²) in [7, 11) is 0. The van der Waals surface area contributed by atoms with Gasteiger partial charge in [0.1, 0.15) is 5.78 Å². The molecule has 1 heterocycles. The minimum Gasteiger partial charge on any atom is -0.300 e. The predicted molar refractivity (Wildman–Crippen MR) is 45.7 cm³/mol. The number of aryl methyl sites for hydroxylation is 1. The van der Waals surface area contributed by atoms with Gasteiger partial charge in [0.2, 0.25) is 0 Å². The van der Waals surface area contributed by atoms with Crippen molar-refractivity contribution in [3.63, 3.8) is 0 Å². The van der Waals surface area contributed by atoms with Gasteiger partial charge in [-0.25, -0.2) is 4.98 Å². The average Bonchev–Trinajstić information content (AvgIpc) is 2.52. The van der Waals surface area contributed by atoms with Gasteiger partial charge >= 0.3 is 0 Å². The molecule has 0 aliphatic heterocycles. The summed E-state index contributed by atoms with van der Waals surface area (Å²) in [6, 6.07) is 0. The summed E-state index contributed by atoms with van der Waals surface area (Å²) in [5, 5.41) is 1.99. The van der Waals surface area contributed by atoms with Crippen LogP contribution in [0.1, 0.15) is 25.5 Å². The molecule has 60 valence electrons. The third-order valence-corrected chi connectivity index (χ3v) is 2.17. The van der Waals surface area contributed by atoms with Gasteiger partial charge in [-0.3, -0.25) is 4.79 Å². The van der Waals surface area contributed by atoms with Crippen molar-refractivity contribution >= 4 is 17.1 Å². The SMILES string of the molecule is CCC(=O)CCc1cscn1. The van der Waals surface area contributed by atoms with E-state index in [1.807, 2.05) is 12.3 Å². The van der Waals surface area contributed by atoms with E-state index in [2.05, 4.69) is 4.98 Å². The summed E-state index contributed by atoms with van der Waals surface area (Å²) < 4.78 is 0. The Balaban J connectivity index is 2.29. The van der Waals surface area contributed by atoms with Gasteiger partial charge in [0.25, 0.3) is 0 Å². The monoisotopic (exact) mass is 169 g/mol. The van der Waals surface area contributed by atoms with E-state index in [1.54, 1.807) is 16.8 Å². The van der Waals surface area contributed by atoms with Gasteiger partial charge in [-0.05, 0) is 6.42 Å². The van der Waals surface area contributed by atoms with Crippen LogP contribution in [-0.4, -0.2) is 10.8 Å². The van der Waals surface area contributed by atoms with Crippen molar-refractivity contribution in [1.82, 2.24) is 4.98 Å². The van der Waals surface area contributed by atoms with Gasteiger partial charge < -0.3 is 0 Å². The molecule has 0 unspecified atom stereocenters. The lowest BCUT2D eigenvalue weighted by Crippen LogP contribution is -1.97. The van der Waals surface area contributed by atoms with Crippen LogP contribution in [0.25, 0.3) is 0 Å². The van der Waals surface area contributed by atoms with Crippen LogP contribution < -0.4 is 0 Å². The van der Waals surface area contributed by atoms with Gasteiger partial charge in [-0.2, -0.15) is 0 Å². The standard InChI is InChI=1S/C8H11NOS/c1-2-8(10)4-3-7-5-11-6-9-7/h5-6H,2-4H2,1H3. The van der Waals surface area contributed by atoms with Gasteiger partial charge in [0.15, 0.2) is 0 Å². The summed E-state index contributed by atoms with van der Waals surface area (Å²) in [6.45, 7) is 1.89.